The molecule has 4 atom stereocenters. The van der Waals surface area contributed by atoms with E-state index in [1.54, 1.807) is 19.1 Å². The first-order chi connectivity index (χ1) is 16.0. The van der Waals surface area contributed by atoms with Crippen molar-refractivity contribution in [2.75, 3.05) is 13.1 Å². The van der Waals surface area contributed by atoms with Crippen molar-refractivity contribution < 1.29 is 27.5 Å². The van der Waals surface area contributed by atoms with Crippen LogP contribution >= 0.6 is 0 Å². The Morgan fingerprint density at radius 3 is 2.41 bits per heavy atom. The Bertz CT molecular complexity index is 1020. The first-order valence-electron chi connectivity index (χ1n) is 12.1. The van der Waals surface area contributed by atoms with Gasteiger partial charge < -0.3 is 10.1 Å². The Kier molecular flexibility index (Phi) is 8.52. The number of piperidine rings is 1. The Balaban J connectivity index is 1.52. The number of ketones is 1. The molecule has 0 bridgehead atoms. The van der Waals surface area contributed by atoms with E-state index in [0.29, 0.717) is 30.2 Å². The number of hydrogen-bond acceptors (Lipinski definition) is 6. The third kappa shape index (κ3) is 6.05. The second kappa shape index (κ2) is 11.0. The molecule has 9 heteroatoms. The van der Waals surface area contributed by atoms with Crippen LogP contribution in [0.3, 0.4) is 0 Å². The summed E-state index contributed by atoms with van der Waals surface area (Å²) in [4.78, 5) is 36.9. The van der Waals surface area contributed by atoms with E-state index >= 15 is 0 Å². The molecule has 0 unspecified atom stereocenters. The highest BCUT2D eigenvalue weighted by atomic mass is 32.2. The van der Waals surface area contributed by atoms with Crippen molar-refractivity contribution >= 4 is 27.7 Å². The lowest BCUT2D eigenvalue weighted by Crippen LogP contribution is -2.48. The van der Waals surface area contributed by atoms with Crippen LogP contribution in [-0.4, -0.2) is 55.6 Å². The predicted octanol–water partition coefficient (Wildman–Crippen LogP) is 3.16. The molecule has 1 heterocycles. The van der Waals surface area contributed by atoms with Crippen LogP contribution in [0, 0.1) is 17.8 Å². The maximum atomic E-state index is 13.0. The smallest absolute Gasteiger partial charge is 0.309 e. The van der Waals surface area contributed by atoms with E-state index in [1.165, 1.54) is 23.4 Å². The van der Waals surface area contributed by atoms with E-state index in [2.05, 4.69) is 19.2 Å². The third-order valence-corrected chi connectivity index (χ3v) is 9.26. The van der Waals surface area contributed by atoms with Gasteiger partial charge in [-0.1, -0.05) is 38.8 Å². The molecule has 3 rings (SSSR count). The summed E-state index contributed by atoms with van der Waals surface area (Å²) in [6, 6.07) is 6.07. The highest BCUT2D eigenvalue weighted by Gasteiger charge is 2.35. The Labute approximate surface area is 202 Å². The molecule has 1 aliphatic heterocycles. The van der Waals surface area contributed by atoms with Crippen LogP contribution in [0.5, 0.6) is 0 Å². The average molecular weight is 493 g/mol. The lowest BCUT2D eigenvalue weighted by Gasteiger charge is -2.35. The third-order valence-electron chi connectivity index (χ3n) is 7.36. The van der Waals surface area contributed by atoms with Crippen LogP contribution in [0.15, 0.2) is 29.2 Å². The predicted molar refractivity (Wildman–Crippen MR) is 128 cm³/mol. The van der Waals surface area contributed by atoms with E-state index < -0.39 is 28.0 Å². The number of ether oxygens (including phenoxy) is 1. The summed E-state index contributed by atoms with van der Waals surface area (Å²) in [5.74, 6) is -0.498. The summed E-state index contributed by atoms with van der Waals surface area (Å²) in [6.07, 6.45) is 2.90. The van der Waals surface area contributed by atoms with Crippen molar-refractivity contribution in [3.8, 4) is 0 Å². The maximum absolute atomic E-state index is 13.0. The fourth-order valence-corrected chi connectivity index (χ4v) is 6.28. The molecule has 0 radical (unpaired) electrons. The molecule has 34 heavy (non-hydrogen) atoms. The molecular formula is C25H36N2O6S. The van der Waals surface area contributed by atoms with Gasteiger partial charge in [-0.2, -0.15) is 4.31 Å². The van der Waals surface area contributed by atoms with E-state index in [1.807, 2.05) is 0 Å². The molecule has 1 amide bonds. The second-order valence-corrected chi connectivity index (χ2v) is 11.7. The molecule has 1 saturated heterocycles. The van der Waals surface area contributed by atoms with Gasteiger partial charge >= 0.3 is 5.97 Å². The van der Waals surface area contributed by atoms with E-state index in [9.17, 15) is 22.8 Å². The number of amides is 1. The molecule has 8 nitrogen and oxygen atoms in total. The van der Waals surface area contributed by atoms with Crippen molar-refractivity contribution in [2.24, 2.45) is 17.8 Å². The summed E-state index contributed by atoms with van der Waals surface area (Å²) >= 11 is 0. The molecule has 0 spiro atoms. The fraction of sp³-hybridized carbons (Fsp3) is 0.640. The van der Waals surface area contributed by atoms with Gasteiger partial charge in [-0.3, -0.25) is 14.4 Å². The molecule has 0 aromatic heterocycles. The number of carbonyl (C=O) groups excluding carboxylic acids is 3. The van der Waals surface area contributed by atoms with Gasteiger partial charge in [0.15, 0.2) is 11.9 Å². The van der Waals surface area contributed by atoms with Crippen molar-refractivity contribution in [3.05, 3.63) is 29.8 Å². The van der Waals surface area contributed by atoms with Crippen LogP contribution in [0.2, 0.25) is 0 Å². The fourth-order valence-electron chi connectivity index (χ4n) is 4.77. The molecule has 188 valence electrons. The van der Waals surface area contributed by atoms with E-state index in [-0.39, 0.29) is 35.7 Å². The van der Waals surface area contributed by atoms with Crippen molar-refractivity contribution in [3.63, 3.8) is 0 Å². The summed E-state index contributed by atoms with van der Waals surface area (Å²) < 4.78 is 32.8. The second-order valence-electron chi connectivity index (χ2n) is 9.72. The number of rotatable bonds is 7. The highest BCUT2D eigenvalue weighted by Crippen LogP contribution is 2.30. The van der Waals surface area contributed by atoms with Crippen LogP contribution in [0.25, 0.3) is 0 Å². The quantitative estimate of drug-likeness (QED) is 0.462. The standard InChI is InChI=1S/C25H36N2O6S/c1-16-7-5-10-23(17(16)2)26-24(29)19(4)33-25(30)20-11-13-27(14-12-20)34(31,32)22-9-6-8-21(15-22)18(3)28/h6,8-9,15-17,19-20,23H,5,7,10-14H2,1-4H3,(H,26,29)/t16-,17+,19+,23+/m0/s1. The molecular weight excluding hydrogens is 456 g/mol. The van der Waals surface area contributed by atoms with E-state index in [4.69, 9.17) is 4.74 Å². The summed E-state index contributed by atoms with van der Waals surface area (Å²) in [5.41, 5.74) is 0.337. The van der Waals surface area contributed by atoms with Gasteiger partial charge in [0.2, 0.25) is 10.0 Å². The topological polar surface area (TPSA) is 110 Å². The number of benzene rings is 1. The molecule has 1 saturated carbocycles. The SMILES string of the molecule is CC(=O)c1cccc(S(=O)(=O)N2CCC(C(=O)O[C@H](C)C(=O)N[C@@H]3CCC[C@H](C)[C@H]3C)CC2)c1. The number of Topliss-reactive ketones (excluding diaryl/α,β-unsaturated/α-hetero) is 1. The Morgan fingerprint density at radius 1 is 1.09 bits per heavy atom. The summed E-state index contributed by atoms with van der Waals surface area (Å²) in [5, 5.41) is 3.04. The molecule has 2 fully saturated rings. The van der Waals surface area contributed by atoms with Gasteiger partial charge in [-0.15, -0.1) is 0 Å². The van der Waals surface area contributed by atoms with Crippen LogP contribution in [-0.2, 0) is 24.3 Å². The minimum Gasteiger partial charge on any atom is -0.452 e. The van der Waals surface area contributed by atoms with Crippen molar-refractivity contribution in [2.45, 2.75) is 76.8 Å². The zero-order valence-electron chi connectivity index (χ0n) is 20.5. The first-order valence-corrected chi connectivity index (χ1v) is 13.6. The summed E-state index contributed by atoms with van der Waals surface area (Å²) in [6.45, 7) is 7.64. The molecule has 1 aromatic rings. The Hall–Kier alpha value is -2.26. The zero-order chi connectivity index (χ0) is 25.0. The number of nitrogens with one attached hydrogen (secondary N) is 1. The lowest BCUT2D eigenvalue weighted by atomic mass is 9.78. The molecule has 1 aromatic carbocycles. The normalized spacial score (nSPS) is 25.4. The minimum atomic E-state index is -3.77. The summed E-state index contributed by atoms with van der Waals surface area (Å²) in [7, 11) is -3.77. The van der Waals surface area contributed by atoms with Gasteiger partial charge in [0.05, 0.1) is 10.8 Å². The maximum Gasteiger partial charge on any atom is 0.309 e. The van der Waals surface area contributed by atoms with Gasteiger partial charge in [-0.25, -0.2) is 8.42 Å². The van der Waals surface area contributed by atoms with Gasteiger partial charge in [-0.05, 0) is 57.1 Å². The Morgan fingerprint density at radius 2 is 1.76 bits per heavy atom. The van der Waals surface area contributed by atoms with Crippen molar-refractivity contribution in [1.82, 2.24) is 9.62 Å². The highest BCUT2D eigenvalue weighted by molar-refractivity contribution is 7.89. The van der Waals surface area contributed by atoms with Crippen LogP contribution in [0.1, 0.15) is 70.2 Å². The number of sulfonamides is 1. The van der Waals surface area contributed by atoms with Gasteiger partial charge in [0.25, 0.3) is 5.91 Å². The van der Waals surface area contributed by atoms with Gasteiger partial charge in [0, 0.05) is 24.7 Å². The number of hydrogen-bond donors (Lipinski definition) is 1. The average Bonchev–Trinajstić information content (AvgIpc) is 2.82. The van der Waals surface area contributed by atoms with Crippen LogP contribution < -0.4 is 5.32 Å². The number of esters is 1. The number of carbonyl (C=O) groups is 3. The first kappa shape index (κ1) is 26.3. The van der Waals surface area contributed by atoms with Crippen LogP contribution in [0.4, 0.5) is 0 Å². The number of nitrogens with zero attached hydrogens (tertiary/aromatic N) is 1. The molecule has 1 aliphatic carbocycles. The van der Waals surface area contributed by atoms with E-state index in [0.717, 1.165) is 19.3 Å². The zero-order valence-corrected chi connectivity index (χ0v) is 21.3. The minimum absolute atomic E-state index is 0.0674. The van der Waals surface area contributed by atoms with Gasteiger partial charge in [0.1, 0.15) is 0 Å². The largest absolute Gasteiger partial charge is 0.452 e. The van der Waals surface area contributed by atoms with Crippen molar-refractivity contribution in [1.29, 1.82) is 0 Å². The molecule has 1 N–H and O–H groups in total. The lowest BCUT2D eigenvalue weighted by molar-refractivity contribution is -0.160. The monoisotopic (exact) mass is 492 g/mol. The molecule has 2 aliphatic rings.